The van der Waals surface area contributed by atoms with Crippen molar-refractivity contribution >= 4 is 15.9 Å². The summed E-state index contributed by atoms with van der Waals surface area (Å²) >= 11 is 3.74. The van der Waals surface area contributed by atoms with Crippen LogP contribution < -0.4 is 4.74 Å². The van der Waals surface area contributed by atoms with Crippen molar-refractivity contribution in [3.8, 4) is 5.75 Å². The molecular weight excluding hydrogens is 264 g/mol. The molecule has 0 N–H and O–H groups in total. The second-order valence-electron chi connectivity index (χ2n) is 4.47. The van der Waals surface area contributed by atoms with Gasteiger partial charge in [-0.2, -0.15) is 0 Å². The highest BCUT2D eigenvalue weighted by atomic mass is 79.9. The molecule has 1 atom stereocenters. The number of ether oxygens (including phenoxy) is 1. The Morgan fingerprint density at radius 2 is 1.94 bits per heavy atom. The van der Waals surface area contributed by atoms with Crippen LogP contribution in [-0.4, -0.2) is 11.4 Å². The van der Waals surface area contributed by atoms with E-state index in [9.17, 15) is 0 Å². The van der Waals surface area contributed by atoms with Crippen molar-refractivity contribution in [1.29, 1.82) is 0 Å². The fourth-order valence-electron chi connectivity index (χ4n) is 1.80. The van der Waals surface area contributed by atoms with E-state index in [0.29, 0.717) is 4.83 Å². The highest BCUT2D eigenvalue weighted by molar-refractivity contribution is 9.09. The van der Waals surface area contributed by atoms with Gasteiger partial charge in [0.25, 0.3) is 0 Å². The molecule has 1 nitrogen and oxygen atoms in total. The third-order valence-electron chi connectivity index (χ3n) is 2.44. The quantitative estimate of drug-likeness (QED) is 0.702. The lowest BCUT2D eigenvalue weighted by Gasteiger charge is -2.15. The van der Waals surface area contributed by atoms with E-state index < -0.39 is 0 Å². The number of alkyl halides is 1. The van der Waals surface area contributed by atoms with Crippen molar-refractivity contribution in [3.05, 3.63) is 29.8 Å². The molecule has 0 amide bonds. The minimum Gasteiger partial charge on any atom is -0.494 e. The van der Waals surface area contributed by atoms with Gasteiger partial charge >= 0.3 is 0 Å². The maximum Gasteiger partial charge on any atom is 0.122 e. The van der Waals surface area contributed by atoms with E-state index in [4.69, 9.17) is 4.74 Å². The molecule has 1 rings (SSSR count). The molecule has 0 heterocycles. The monoisotopic (exact) mass is 284 g/mol. The molecule has 0 radical (unpaired) electrons. The van der Waals surface area contributed by atoms with Crippen LogP contribution in [0.2, 0.25) is 0 Å². The molecule has 0 saturated heterocycles. The van der Waals surface area contributed by atoms with Crippen molar-refractivity contribution < 1.29 is 4.74 Å². The summed E-state index contributed by atoms with van der Waals surface area (Å²) in [6.07, 6.45) is 2.23. The summed E-state index contributed by atoms with van der Waals surface area (Å²) in [5.41, 5.74) is 1.30. The number of halogens is 1. The van der Waals surface area contributed by atoms with Crippen LogP contribution in [0.5, 0.6) is 5.75 Å². The van der Waals surface area contributed by atoms with E-state index in [2.05, 4.69) is 41.9 Å². The predicted molar refractivity (Wildman–Crippen MR) is 73.5 cm³/mol. The summed E-state index contributed by atoms with van der Waals surface area (Å²) in [6.45, 7) is 7.26. The zero-order valence-electron chi connectivity index (χ0n) is 10.4. The summed E-state index contributed by atoms with van der Waals surface area (Å²) in [5.74, 6) is 1.75. The SMILES string of the molecule is CCOc1ccccc1CC(Br)CC(C)C. The molecule has 1 unspecified atom stereocenters. The van der Waals surface area contributed by atoms with Gasteiger partial charge in [-0.15, -0.1) is 0 Å². The van der Waals surface area contributed by atoms with Crippen molar-refractivity contribution in [2.45, 2.75) is 38.4 Å². The number of hydrogen-bond donors (Lipinski definition) is 0. The van der Waals surface area contributed by atoms with E-state index in [-0.39, 0.29) is 0 Å². The summed E-state index contributed by atoms with van der Waals surface area (Å²) < 4.78 is 5.62. The van der Waals surface area contributed by atoms with Crippen LogP contribution in [0, 0.1) is 5.92 Å². The van der Waals surface area contributed by atoms with Gasteiger partial charge in [-0.05, 0) is 37.3 Å². The molecule has 0 aliphatic rings. The molecule has 0 aliphatic heterocycles. The normalized spacial score (nSPS) is 12.8. The lowest BCUT2D eigenvalue weighted by molar-refractivity contribution is 0.336. The number of rotatable bonds is 6. The van der Waals surface area contributed by atoms with Crippen molar-refractivity contribution in [1.82, 2.24) is 0 Å². The van der Waals surface area contributed by atoms with Gasteiger partial charge in [-0.1, -0.05) is 48.0 Å². The summed E-state index contributed by atoms with van der Waals surface area (Å²) in [7, 11) is 0. The molecular formula is C14H21BrO. The average Bonchev–Trinajstić information content (AvgIpc) is 2.20. The van der Waals surface area contributed by atoms with Gasteiger partial charge in [0, 0.05) is 4.83 Å². The first kappa shape index (κ1) is 13.6. The van der Waals surface area contributed by atoms with Crippen LogP contribution in [0.3, 0.4) is 0 Å². The smallest absolute Gasteiger partial charge is 0.122 e. The summed E-state index contributed by atoms with van der Waals surface area (Å²) in [6, 6.07) is 8.31. The van der Waals surface area contributed by atoms with Crippen molar-refractivity contribution in [2.75, 3.05) is 6.61 Å². The molecule has 0 spiro atoms. The molecule has 1 aromatic rings. The molecule has 90 valence electrons. The van der Waals surface area contributed by atoms with E-state index in [1.807, 2.05) is 19.1 Å². The number of hydrogen-bond acceptors (Lipinski definition) is 1. The topological polar surface area (TPSA) is 9.23 Å². The Hall–Kier alpha value is -0.500. The number of para-hydroxylation sites is 1. The first-order valence-electron chi connectivity index (χ1n) is 5.98. The van der Waals surface area contributed by atoms with E-state index >= 15 is 0 Å². The van der Waals surface area contributed by atoms with Gasteiger partial charge in [-0.3, -0.25) is 0 Å². The first-order valence-corrected chi connectivity index (χ1v) is 6.89. The zero-order chi connectivity index (χ0) is 12.0. The van der Waals surface area contributed by atoms with Crippen molar-refractivity contribution in [3.63, 3.8) is 0 Å². The molecule has 0 saturated carbocycles. The zero-order valence-corrected chi connectivity index (χ0v) is 12.0. The van der Waals surface area contributed by atoms with Gasteiger partial charge in [0.1, 0.15) is 5.75 Å². The molecule has 0 aromatic heterocycles. The lowest BCUT2D eigenvalue weighted by Crippen LogP contribution is -2.08. The molecule has 0 fully saturated rings. The lowest BCUT2D eigenvalue weighted by atomic mass is 10.0. The number of benzene rings is 1. The van der Waals surface area contributed by atoms with Crippen LogP contribution in [0.15, 0.2) is 24.3 Å². The Bertz CT molecular complexity index is 309. The fourth-order valence-corrected chi connectivity index (χ4v) is 2.90. The van der Waals surface area contributed by atoms with Crippen molar-refractivity contribution in [2.24, 2.45) is 5.92 Å². The van der Waals surface area contributed by atoms with Crippen LogP contribution in [0.1, 0.15) is 32.8 Å². The van der Waals surface area contributed by atoms with E-state index in [0.717, 1.165) is 24.7 Å². The Kier molecular flexibility index (Phi) is 5.89. The van der Waals surface area contributed by atoms with E-state index in [1.165, 1.54) is 12.0 Å². The van der Waals surface area contributed by atoms with Gasteiger partial charge in [0.2, 0.25) is 0 Å². The molecule has 0 aliphatic carbocycles. The van der Waals surface area contributed by atoms with Gasteiger partial charge in [0.05, 0.1) is 6.61 Å². The van der Waals surface area contributed by atoms with Crippen LogP contribution in [0.25, 0.3) is 0 Å². The third-order valence-corrected chi connectivity index (χ3v) is 3.14. The second kappa shape index (κ2) is 6.95. The molecule has 0 bridgehead atoms. The fraction of sp³-hybridized carbons (Fsp3) is 0.571. The van der Waals surface area contributed by atoms with Crippen LogP contribution in [0.4, 0.5) is 0 Å². The van der Waals surface area contributed by atoms with Gasteiger partial charge < -0.3 is 4.74 Å². The summed E-state index contributed by atoms with van der Waals surface area (Å²) in [5, 5.41) is 0. The standard InChI is InChI=1S/C14H21BrO/c1-4-16-14-8-6-5-7-12(14)10-13(15)9-11(2)3/h5-8,11,13H,4,9-10H2,1-3H3. The largest absolute Gasteiger partial charge is 0.494 e. The molecule has 1 aromatic carbocycles. The maximum absolute atomic E-state index is 5.62. The first-order chi connectivity index (χ1) is 7.63. The Labute approximate surface area is 107 Å². The highest BCUT2D eigenvalue weighted by Gasteiger charge is 2.11. The van der Waals surface area contributed by atoms with Crippen LogP contribution >= 0.6 is 15.9 Å². The third kappa shape index (κ3) is 4.56. The molecule has 16 heavy (non-hydrogen) atoms. The van der Waals surface area contributed by atoms with Crippen LogP contribution in [-0.2, 0) is 6.42 Å². The Morgan fingerprint density at radius 3 is 2.56 bits per heavy atom. The maximum atomic E-state index is 5.62. The van der Waals surface area contributed by atoms with Gasteiger partial charge in [0.15, 0.2) is 0 Å². The predicted octanol–water partition coefficient (Wildman–Crippen LogP) is 4.44. The Balaban J connectivity index is 2.64. The minimum atomic E-state index is 0.536. The Morgan fingerprint density at radius 1 is 1.25 bits per heavy atom. The average molecular weight is 285 g/mol. The summed E-state index contributed by atoms with van der Waals surface area (Å²) in [4.78, 5) is 0.536. The minimum absolute atomic E-state index is 0.536. The van der Waals surface area contributed by atoms with Gasteiger partial charge in [-0.25, -0.2) is 0 Å². The van der Waals surface area contributed by atoms with E-state index in [1.54, 1.807) is 0 Å². The molecule has 2 heteroatoms. The second-order valence-corrected chi connectivity index (χ2v) is 5.77. The highest BCUT2D eigenvalue weighted by Crippen LogP contribution is 2.24.